The summed E-state index contributed by atoms with van der Waals surface area (Å²) in [7, 11) is 1.58. The maximum atomic E-state index is 13.5. The highest BCUT2D eigenvalue weighted by Crippen LogP contribution is 2.43. The largest absolute Gasteiger partial charge is 0.507 e. The van der Waals surface area contributed by atoms with Crippen molar-refractivity contribution in [1.29, 1.82) is 0 Å². The zero-order valence-electron chi connectivity index (χ0n) is 23.0. The van der Waals surface area contributed by atoms with Crippen LogP contribution in [0, 0.1) is 6.92 Å². The number of ether oxygens (including phenoxy) is 1. The molecule has 1 unspecified atom stereocenters. The Kier molecular flexibility index (Phi) is 7.91. The van der Waals surface area contributed by atoms with Crippen LogP contribution in [0.5, 0.6) is 5.75 Å². The first-order chi connectivity index (χ1) is 18.2. The van der Waals surface area contributed by atoms with E-state index in [9.17, 15) is 14.7 Å². The van der Waals surface area contributed by atoms with Gasteiger partial charge in [0.05, 0.1) is 18.7 Å². The van der Waals surface area contributed by atoms with Crippen LogP contribution in [0.15, 0.2) is 72.3 Å². The van der Waals surface area contributed by atoms with Gasteiger partial charge in [-0.1, -0.05) is 38.1 Å². The molecule has 1 N–H and O–H groups in total. The lowest BCUT2D eigenvalue weighted by atomic mass is 9.94. The molecular weight excluding hydrogens is 476 g/mol. The highest BCUT2D eigenvalue weighted by molar-refractivity contribution is 6.51. The summed E-state index contributed by atoms with van der Waals surface area (Å²) in [6.45, 7) is 12.0. The predicted octanol–water partition coefficient (Wildman–Crippen LogP) is 6.60. The third-order valence-corrected chi connectivity index (χ3v) is 7.29. The van der Waals surface area contributed by atoms with Gasteiger partial charge in [-0.15, -0.1) is 0 Å². The van der Waals surface area contributed by atoms with Gasteiger partial charge in [0, 0.05) is 30.0 Å². The van der Waals surface area contributed by atoms with Gasteiger partial charge in [-0.2, -0.15) is 0 Å². The Bertz CT molecular complexity index is 1350. The number of ketones is 1. The van der Waals surface area contributed by atoms with Gasteiger partial charge in [-0.05, 0) is 85.8 Å². The summed E-state index contributed by atoms with van der Waals surface area (Å²) >= 11 is 0. The number of benzene rings is 3. The summed E-state index contributed by atoms with van der Waals surface area (Å²) in [5.41, 5.74) is 4.90. The lowest BCUT2D eigenvalue weighted by Gasteiger charge is -2.27. The first-order valence-corrected chi connectivity index (χ1v) is 13.1. The Morgan fingerprint density at radius 1 is 0.974 bits per heavy atom. The number of hydrogen-bond acceptors (Lipinski definition) is 5. The molecule has 1 amide bonds. The smallest absolute Gasteiger partial charge is 0.300 e. The fourth-order valence-corrected chi connectivity index (χ4v) is 5.07. The zero-order chi connectivity index (χ0) is 27.6. The number of anilines is 2. The van der Waals surface area contributed by atoms with Crippen LogP contribution in [-0.2, 0) is 9.59 Å². The summed E-state index contributed by atoms with van der Waals surface area (Å²) in [6, 6.07) is 20.0. The van der Waals surface area contributed by atoms with Crippen LogP contribution >= 0.6 is 0 Å². The second kappa shape index (κ2) is 11.1. The van der Waals surface area contributed by atoms with E-state index in [-0.39, 0.29) is 11.3 Å². The van der Waals surface area contributed by atoms with Crippen molar-refractivity contribution in [2.24, 2.45) is 0 Å². The van der Waals surface area contributed by atoms with Crippen LogP contribution in [0.25, 0.3) is 5.76 Å². The molecular formula is C32H36N2O4. The summed E-state index contributed by atoms with van der Waals surface area (Å²) in [6.07, 6.45) is 0. The van der Waals surface area contributed by atoms with Gasteiger partial charge in [0.15, 0.2) is 0 Å². The van der Waals surface area contributed by atoms with E-state index >= 15 is 0 Å². The lowest BCUT2D eigenvalue weighted by molar-refractivity contribution is -0.132. The van der Waals surface area contributed by atoms with Gasteiger partial charge in [0.25, 0.3) is 11.7 Å². The molecule has 3 aromatic rings. The molecule has 38 heavy (non-hydrogen) atoms. The van der Waals surface area contributed by atoms with Crippen LogP contribution in [0.2, 0.25) is 0 Å². The molecule has 6 nitrogen and oxygen atoms in total. The second-order valence-electron chi connectivity index (χ2n) is 9.86. The van der Waals surface area contributed by atoms with Gasteiger partial charge in [-0.3, -0.25) is 14.5 Å². The molecule has 198 valence electrons. The predicted molar refractivity (Wildman–Crippen MR) is 153 cm³/mol. The maximum Gasteiger partial charge on any atom is 0.300 e. The Morgan fingerprint density at radius 3 is 2.13 bits per heavy atom. The number of hydrogen-bond donors (Lipinski definition) is 1. The number of Topliss-reactive ketones (excluding diaryl/α,β-unsaturated/α-hetero) is 1. The minimum absolute atomic E-state index is 0.0723. The molecule has 0 spiro atoms. The fourth-order valence-electron chi connectivity index (χ4n) is 5.07. The Hall–Kier alpha value is -4.06. The van der Waals surface area contributed by atoms with Crippen molar-refractivity contribution < 1.29 is 19.4 Å². The number of aryl methyl sites for hydroxylation is 1. The van der Waals surface area contributed by atoms with Crippen LogP contribution in [0.4, 0.5) is 11.4 Å². The number of aliphatic hydroxyl groups is 1. The van der Waals surface area contributed by atoms with E-state index in [1.165, 1.54) is 4.90 Å². The molecule has 0 aliphatic carbocycles. The van der Waals surface area contributed by atoms with Crippen molar-refractivity contribution >= 4 is 28.8 Å². The van der Waals surface area contributed by atoms with E-state index in [1.807, 2.05) is 55.5 Å². The zero-order valence-corrected chi connectivity index (χ0v) is 23.0. The number of carbonyl (C=O) groups is 2. The van der Waals surface area contributed by atoms with E-state index in [0.29, 0.717) is 22.9 Å². The fraction of sp³-hybridized carbons (Fsp3) is 0.312. The Labute approximate surface area is 225 Å². The molecule has 4 rings (SSSR count). The van der Waals surface area contributed by atoms with Crippen molar-refractivity contribution in [1.82, 2.24) is 0 Å². The van der Waals surface area contributed by atoms with E-state index in [2.05, 4.69) is 32.6 Å². The van der Waals surface area contributed by atoms with Crippen LogP contribution < -0.4 is 14.5 Å². The number of aliphatic hydroxyl groups excluding tert-OH is 1. The highest BCUT2D eigenvalue weighted by Gasteiger charge is 2.47. The third-order valence-electron chi connectivity index (χ3n) is 7.29. The van der Waals surface area contributed by atoms with E-state index in [4.69, 9.17) is 4.74 Å². The SMILES string of the molecule is CCN(CC)c1ccc(C2/C(=C(/O)c3ccc(OC)c(C)c3)C(=O)C(=O)N2c2ccc(C(C)C)cc2)cc1. The third kappa shape index (κ3) is 4.91. The van der Waals surface area contributed by atoms with Gasteiger partial charge < -0.3 is 14.7 Å². The number of nitrogens with zero attached hydrogens (tertiary/aromatic N) is 2. The molecule has 1 aliphatic heterocycles. The molecule has 0 radical (unpaired) electrons. The quantitative estimate of drug-likeness (QED) is 0.209. The molecule has 0 aromatic heterocycles. The van der Waals surface area contributed by atoms with Crippen LogP contribution in [0.3, 0.4) is 0 Å². The van der Waals surface area contributed by atoms with Crippen LogP contribution in [-0.4, -0.2) is 37.0 Å². The second-order valence-corrected chi connectivity index (χ2v) is 9.86. The maximum absolute atomic E-state index is 13.5. The number of amides is 1. The minimum atomic E-state index is -0.770. The van der Waals surface area contributed by atoms with E-state index < -0.39 is 17.7 Å². The molecule has 0 saturated carbocycles. The van der Waals surface area contributed by atoms with Gasteiger partial charge in [0.2, 0.25) is 0 Å². The monoisotopic (exact) mass is 512 g/mol. The van der Waals surface area contributed by atoms with E-state index in [1.54, 1.807) is 25.3 Å². The minimum Gasteiger partial charge on any atom is -0.507 e. The van der Waals surface area contributed by atoms with Gasteiger partial charge in [0.1, 0.15) is 11.5 Å². The number of methoxy groups -OCH3 is 1. The average Bonchev–Trinajstić information content (AvgIpc) is 3.19. The standard InChI is InChI=1S/C32H36N2O4/c1-7-33(8-2)25-14-11-23(12-15-25)29-28(30(35)24-13-18-27(38-6)21(5)19-24)31(36)32(37)34(29)26-16-9-22(10-17-26)20(3)4/h9-20,29,35H,7-8H2,1-6H3/b30-28-. The lowest BCUT2D eigenvalue weighted by Crippen LogP contribution is -2.29. The summed E-state index contributed by atoms with van der Waals surface area (Å²) < 4.78 is 5.35. The first-order valence-electron chi connectivity index (χ1n) is 13.1. The van der Waals surface area contributed by atoms with Gasteiger partial charge in [-0.25, -0.2) is 0 Å². The number of rotatable bonds is 8. The molecule has 3 aromatic carbocycles. The van der Waals surface area contributed by atoms with Crippen LogP contribution in [0.1, 0.15) is 61.9 Å². The average molecular weight is 513 g/mol. The molecule has 1 saturated heterocycles. The van der Waals surface area contributed by atoms with Gasteiger partial charge >= 0.3 is 0 Å². The van der Waals surface area contributed by atoms with E-state index in [0.717, 1.165) is 35.5 Å². The number of carbonyl (C=O) groups excluding carboxylic acids is 2. The Morgan fingerprint density at radius 2 is 1.61 bits per heavy atom. The Balaban J connectivity index is 1.89. The summed E-state index contributed by atoms with van der Waals surface area (Å²) in [4.78, 5) is 30.7. The molecule has 0 bridgehead atoms. The summed E-state index contributed by atoms with van der Waals surface area (Å²) in [5, 5.41) is 11.5. The van der Waals surface area contributed by atoms with Crippen molar-refractivity contribution in [3.63, 3.8) is 0 Å². The molecule has 1 heterocycles. The highest BCUT2D eigenvalue weighted by atomic mass is 16.5. The first kappa shape index (κ1) is 27.0. The topological polar surface area (TPSA) is 70.1 Å². The normalized spacial score (nSPS) is 16.8. The molecule has 1 atom stereocenters. The van der Waals surface area contributed by atoms with Crippen molar-refractivity contribution in [3.8, 4) is 5.75 Å². The van der Waals surface area contributed by atoms with Crippen molar-refractivity contribution in [3.05, 3.63) is 94.6 Å². The molecule has 1 aliphatic rings. The molecule has 1 fully saturated rings. The summed E-state index contributed by atoms with van der Waals surface area (Å²) in [5.74, 6) is -0.557. The molecule has 6 heteroatoms. The van der Waals surface area contributed by atoms with Crippen molar-refractivity contribution in [2.45, 2.75) is 46.6 Å². The van der Waals surface area contributed by atoms with Crippen molar-refractivity contribution in [2.75, 3.05) is 30.0 Å².